The average Bonchev–Trinajstić information content (AvgIpc) is 2.68. The van der Waals surface area contributed by atoms with Gasteiger partial charge in [-0.2, -0.15) is 0 Å². The summed E-state index contributed by atoms with van der Waals surface area (Å²) in [5, 5.41) is 3.75. The average molecular weight is 389 g/mol. The lowest BCUT2D eigenvalue weighted by Gasteiger charge is -2.34. The van der Waals surface area contributed by atoms with Crippen molar-refractivity contribution in [2.24, 2.45) is 0 Å². The highest BCUT2D eigenvalue weighted by molar-refractivity contribution is 6.31. The minimum Gasteiger partial charge on any atom is -0.495 e. The summed E-state index contributed by atoms with van der Waals surface area (Å²) in [5.74, 6) is 0.954. The van der Waals surface area contributed by atoms with Gasteiger partial charge in [0, 0.05) is 5.02 Å². The molecule has 144 valence electrons. The number of methoxy groups -OCH3 is 1. The number of piperazine rings is 1. The molecular weight excluding hydrogens is 362 g/mol. The first kappa shape index (κ1) is 19.5. The quantitative estimate of drug-likeness (QED) is 0.795. The van der Waals surface area contributed by atoms with E-state index < -0.39 is 0 Å². The van der Waals surface area contributed by atoms with Crippen LogP contribution in [0.2, 0.25) is 5.02 Å². The van der Waals surface area contributed by atoms with Crippen LogP contribution in [0.4, 0.5) is 5.69 Å². The molecule has 2 aromatic carbocycles. The molecule has 0 radical (unpaired) electrons. The Morgan fingerprint density at radius 3 is 2.56 bits per heavy atom. The Hall–Kier alpha value is -2.24. The Morgan fingerprint density at radius 1 is 1.19 bits per heavy atom. The molecule has 27 heavy (non-hydrogen) atoms. The number of para-hydroxylation sites is 2. The van der Waals surface area contributed by atoms with E-state index in [2.05, 4.69) is 16.3 Å². The second-order valence-corrected chi connectivity index (χ2v) is 7.30. The molecule has 2 N–H and O–H groups in total. The number of halogens is 1. The van der Waals surface area contributed by atoms with Gasteiger partial charge in [0.05, 0.1) is 45.0 Å². The third-order valence-electron chi connectivity index (χ3n) is 5.06. The van der Waals surface area contributed by atoms with Crippen LogP contribution < -0.4 is 19.9 Å². The maximum atomic E-state index is 12.4. The predicted octanol–water partition coefficient (Wildman–Crippen LogP) is 1.93. The Labute approximate surface area is 165 Å². The molecule has 3 rings (SSSR count). The van der Waals surface area contributed by atoms with Crippen LogP contribution in [0.3, 0.4) is 0 Å². The molecule has 0 aromatic heterocycles. The molecule has 0 aliphatic carbocycles. The second-order valence-electron chi connectivity index (χ2n) is 6.90. The van der Waals surface area contributed by atoms with Gasteiger partial charge >= 0.3 is 0 Å². The number of rotatable bonds is 6. The summed E-state index contributed by atoms with van der Waals surface area (Å²) in [6.07, 6.45) is 0. The highest BCUT2D eigenvalue weighted by Gasteiger charge is 2.24. The molecule has 1 aliphatic heterocycles. The van der Waals surface area contributed by atoms with Gasteiger partial charge in [-0.25, -0.2) is 0 Å². The van der Waals surface area contributed by atoms with E-state index in [1.54, 1.807) is 7.11 Å². The Bertz CT molecular complexity index is 776. The van der Waals surface area contributed by atoms with Gasteiger partial charge in [0.25, 0.3) is 5.91 Å². The van der Waals surface area contributed by atoms with Gasteiger partial charge in [0.2, 0.25) is 0 Å². The van der Waals surface area contributed by atoms with Crippen LogP contribution in [0, 0.1) is 0 Å². The monoisotopic (exact) mass is 388 g/mol. The highest BCUT2D eigenvalue weighted by Crippen LogP contribution is 2.27. The largest absolute Gasteiger partial charge is 0.495 e. The third kappa shape index (κ3) is 4.93. The molecule has 1 amide bonds. The summed E-state index contributed by atoms with van der Waals surface area (Å²) < 4.78 is 5.46. The summed E-state index contributed by atoms with van der Waals surface area (Å²) in [6, 6.07) is 15.6. The Kier molecular flexibility index (Phi) is 6.58. The van der Waals surface area contributed by atoms with E-state index in [9.17, 15) is 4.79 Å². The minimum atomic E-state index is -0.0968. The molecule has 0 spiro atoms. The molecule has 5 nitrogen and oxygen atoms in total. The van der Waals surface area contributed by atoms with Crippen LogP contribution in [0.25, 0.3) is 0 Å². The number of carbonyl (C=O) groups is 1. The van der Waals surface area contributed by atoms with Crippen LogP contribution >= 0.6 is 11.6 Å². The van der Waals surface area contributed by atoms with E-state index in [-0.39, 0.29) is 11.9 Å². The van der Waals surface area contributed by atoms with Gasteiger partial charge in [-0.05, 0) is 30.7 Å². The van der Waals surface area contributed by atoms with Gasteiger partial charge < -0.3 is 19.9 Å². The molecule has 0 bridgehead atoms. The van der Waals surface area contributed by atoms with Crippen LogP contribution in [0.15, 0.2) is 48.5 Å². The fraction of sp³-hybridized carbons (Fsp3) is 0.381. The van der Waals surface area contributed by atoms with Crippen molar-refractivity contribution in [1.82, 2.24) is 5.32 Å². The summed E-state index contributed by atoms with van der Waals surface area (Å²) in [7, 11) is 1.70. The van der Waals surface area contributed by atoms with Gasteiger partial charge in [0.1, 0.15) is 5.75 Å². The standard InChI is InChI=1S/C21H26ClN3O2/c1-16(17-7-3-4-8-18(17)22)23-21(26)15-24-11-13-25(14-12-24)19-9-5-6-10-20(19)27-2/h3-10,16H,11-15H2,1-2H3,(H,23,26)/p+1/t16-/m0/s1. The maximum Gasteiger partial charge on any atom is 0.275 e. The second kappa shape index (κ2) is 9.11. The topological polar surface area (TPSA) is 46.0 Å². The zero-order valence-corrected chi connectivity index (χ0v) is 16.6. The van der Waals surface area contributed by atoms with E-state index in [4.69, 9.17) is 16.3 Å². The van der Waals surface area contributed by atoms with E-state index in [1.165, 1.54) is 4.90 Å². The number of hydrogen-bond acceptors (Lipinski definition) is 3. The SMILES string of the molecule is COc1ccccc1N1CC[NH+](CC(=O)N[C@@H](C)c2ccccc2Cl)CC1. The van der Waals surface area contributed by atoms with Crippen molar-refractivity contribution in [3.8, 4) is 5.75 Å². The smallest absolute Gasteiger partial charge is 0.275 e. The van der Waals surface area contributed by atoms with Crippen molar-refractivity contribution < 1.29 is 14.4 Å². The molecule has 0 unspecified atom stereocenters. The molecular formula is C21H27ClN3O2+. The summed E-state index contributed by atoms with van der Waals surface area (Å²) >= 11 is 6.22. The number of nitrogens with zero attached hydrogens (tertiary/aromatic N) is 1. The van der Waals surface area contributed by atoms with Crippen LogP contribution in [0.1, 0.15) is 18.5 Å². The third-order valence-corrected chi connectivity index (χ3v) is 5.40. The van der Waals surface area contributed by atoms with Gasteiger partial charge in [-0.15, -0.1) is 0 Å². The van der Waals surface area contributed by atoms with E-state index in [1.807, 2.05) is 49.4 Å². The highest BCUT2D eigenvalue weighted by atomic mass is 35.5. The lowest BCUT2D eigenvalue weighted by molar-refractivity contribution is -0.892. The van der Waals surface area contributed by atoms with E-state index in [0.29, 0.717) is 11.6 Å². The molecule has 1 heterocycles. The zero-order chi connectivity index (χ0) is 19.2. The number of amides is 1. The molecule has 1 saturated heterocycles. The summed E-state index contributed by atoms with van der Waals surface area (Å²) in [6.45, 7) is 6.10. The van der Waals surface area contributed by atoms with E-state index >= 15 is 0 Å². The number of ether oxygens (including phenoxy) is 1. The zero-order valence-electron chi connectivity index (χ0n) is 15.9. The Morgan fingerprint density at radius 2 is 1.85 bits per heavy atom. The summed E-state index contributed by atoms with van der Waals surface area (Å²) in [5.41, 5.74) is 2.07. The molecule has 2 aromatic rings. The first-order valence-corrected chi connectivity index (χ1v) is 9.71. The van der Waals surface area contributed by atoms with Crippen molar-refractivity contribution in [1.29, 1.82) is 0 Å². The lowest BCUT2D eigenvalue weighted by Crippen LogP contribution is -3.15. The fourth-order valence-corrected chi connectivity index (χ4v) is 3.85. The van der Waals surface area contributed by atoms with E-state index in [0.717, 1.165) is 43.2 Å². The van der Waals surface area contributed by atoms with Crippen molar-refractivity contribution in [3.63, 3.8) is 0 Å². The maximum absolute atomic E-state index is 12.4. The normalized spacial score (nSPS) is 16.0. The number of anilines is 1. The number of hydrogen-bond donors (Lipinski definition) is 2. The minimum absolute atomic E-state index is 0.0585. The number of quaternary nitrogens is 1. The fourth-order valence-electron chi connectivity index (χ4n) is 3.56. The number of carbonyl (C=O) groups excluding carboxylic acids is 1. The summed E-state index contributed by atoms with van der Waals surface area (Å²) in [4.78, 5) is 16.1. The first-order valence-electron chi connectivity index (χ1n) is 9.34. The van der Waals surface area contributed by atoms with Gasteiger partial charge in [-0.1, -0.05) is 41.9 Å². The van der Waals surface area contributed by atoms with Crippen molar-refractivity contribution in [2.75, 3.05) is 44.7 Å². The van der Waals surface area contributed by atoms with Crippen molar-refractivity contribution in [2.45, 2.75) is 13.0 Å². The van der Waals surface area contributed by atoms with Crippen LogP contribution in [-0.2, 0) is 4.79 Å². The van der Waals surface area contributed by atoms with Crippen molar-refractivity contribution >= 4 is 23.2 Å². The molecule has 0 saturated carbocycles. The molecule has 1 atom stereocenters. The Balaban J connectivity index is 1.50. The molecule has 1 aliphatic rings. The lowest BCUT2D eigenvalue weighted by atomic mass is 10.1. The van der Waals surface area contributed by atoms with Crippen LogP contribution in [-0.4, -0.2) is 45.7 Å². The van der Waals surface area contributed by atoms with Gasteiger partial charge in [-0.3, -0.25) is 4.79 Å². The first-order chi connectivity index (χ1) is 13.1. The van der Waals surface area contributed by atoms with Gasteiger partial charge in [0.15, 0.2) is 6.54 Å². The predicted molar refractivity (Wildman–Crippen MR) is 109 cm³/mol. The number of benzene rings is 2. The van der Waals surface area contributed by atoms with Crippen LogP contribution in [0.5, 0.6) is 5.75 Å². The number of nitrogens with one attached hydrogen (secondary N) is 2. The molecule has 1 fully saturated rings. The van der Waals surface area contributed by atoms with Crippen molar-refractivity contribution in [3.05, 3.63) is 59.1 Å². The molecule has 6 heteroatoms.